The Balaban J connectivity index is 2.17. The van der Waals surface area contributed by atoms with Crippen LogP contribution in [0.1, 0.15) is 46.5 Å². The molecular formula is C12H24N2S. The molecule has 3 heteroatoms. The molecule has 1 rings (SSSR count). The highest BCUT2D eigenvalue weighted by Crippen LogP contribution is 2.19. The highest BCUT2D eigenvalue weighted by atomic mass is 32.2. The van der Waals surface area contributed by atoms with E-state index in [0.717, 1.165) is 12.5 Å². The van der Waals surface area contributed by atoms with Gasteiger partial charge >= 0.3 is 0 Å². The third kappa shape index (κ3) is 5.45. The van der Waals surface area contributed by atoms with Crippen molar-refractivity contribution in [1.82, 2.24) is 5.32 Å². The van der Waals surface area contributed by atoms with Crippen molar-refractivity contribution in [3.63, 3.8) is 0 Å². The minimum atomic E-state index is 0.653. The summed E-state index contributed by atoms with van der Waals surface area (Å²) in [6, 6.07) is 0.653. The van der Waals surface area contributed by atoms with Crippen molar-refractivity contribution in [2.45, 2.75) is 52.5 Å². The highest BCUT2D eigenvalue weighted by molar-refractivity contribution is 8.14. The minimum Gasteiger partial charge on any atom is -0.361 e. The number of hydrogen-bond acceptors (Lipinski definition) is 2. The predicted molar refractivity (Wildman–Crippen MR) is 70.7 cm³/mol. The molecule has 1 fully saturated rings. The summed E-state index contributed by atoms with van der Waals surface area (Å²) in [7, 11) is 0. The second kappa shape index (κ2) is 7.15. The Hall–Kier alpha value is -0.180. The van der Waals surface area contributed by atoms with Gasteiger partial charge in [-0.15, -0.1) is 0 Å². The van der Waals surface area contributed by atoms with E-state index >= 15 is 0 Å². The summed E-state index contributed by atoms with van der Waals surface area (Å²) in [5.41, 5.74) is 0. The summed E-state index contributed by atoms with van der Waals surface area (Å²) in [5, 5.41) is 4.69. The van der Waals surface area contributed by atoms with Crippen LogP contribution in [0.2, 0.25) is 0 Å². The second-order valence-corrected chi connectivity index (χ2v) is 5.68. The van der Waals surface area contributed by atoms with E-state index in [1.54, 1.807) is 0 Å². The maximum Gasteiger partial charge on any atom is 0.156 e. The average Bonchev–Trinajstić information content (AvgIpc) is 2.59. The van der Waals surface area contributed by atoms with Crippen LogP contribution in [0, 0.1) is 5.92 Å². The fourth-order valence-electron chi connectivity index (χ4n) is 1.77. The van der Waals surface area contributed by atoms with Gasteiger partial charge in [-0.05, 0) is 18.8 Å². The quantitative estimate of drug-likeness (QED) is 0.706. The molecule has 2 nitrogen and oxygen atoms in total. The van der Waals surface area contributed by atoms with Crippen LogP contribution in [0.3, 0.4) is 0 Å². The van der Waals surface area contributed by atoms with Gasteiger partial charge in [0, 0.05) is 18.3 Å². The number of rotatable bonds is 6. The molecule has 1 heterocycles. The molecule has 0 saturated carbocycles. The molecule has 0 aliphatic carbocycles. The second-order valence-electron chi connectivity index (χ2n) is 4.68. The van der Waals surface area contributed by atoms with Gasteiger partial charge in [0.1, 0.15) is 0 Å². The summed E-state index contributed by atoms with van der Waals surface area (Å²) in [4.78, 5) is 4.59. The SMILES string of the molecule is CCCCCN=C1NC(CC(C)C)CS1. The lowest BCUT2D eigenvalue weighted by atomic mass is 10.1. The summed E-state index contributed by atoms with van der Waals surface area (Å²) in [5.74, 6) is 1.98. The molecule has 1 N–H and O–H groups in total. The first kappa shape index (κ1) is 12.9. The van der Waals surface area contributed by atoms with Crippen molar-refractivity contribution in [2.24, 2.45) is 10.9 Å². The van der Waals surface area contributed by atoms with E-state index in [1.165, 1.54) is 36.6 Å². The van der Waals surface area contributed by atoms with Gasteiger partial charge in [-0.2, -0.15) is 0 Å². The Bertz CT molecular complexity index is 202. The number of thioether (sulfide) groups is 1. The zero-order valence-electron chi connectivity index (χ0n) is 10.3. The first-order valence-corrected chi connectivity index (χ1v) is 7.14. The lowest BCUT2D eigenvalue weighted by molar-refractivity contribution is 0.502. The summed E-state index contributed by atoms with van der Waals surface area (Å²) in [6.07, 6.45) is 5.08. The number of nitrogens with zero attached hydrogens (tertiary/aromatic N) is 1. The van der Waals surface area contributed by atoms with Crippen LogP contribution in [0.15, 0.2) is 4.99 Å². The molecule has 0 aromatic heterocycles. The predicted octanol–water partition coefficient (Wildman–Crippen LogP) is 3.28. The van der Waals surface area contributed by atoms with E-state index in [1.807, 2.05) is 11.8 Å². The lowest BCUT2D eigenvalue weighted by Gasteiger charge is -2.11. The zero-order chi connectivity index (χ0) is 11.1. The van der Waals surface area contributed by atoms with Gasteiger partial charge in [0.25, 0.3) is 0 Å². The van der Waals surface area contributed by atoms with E-state index in [0.29, 0.717) is 6.04 Å². The summed E-state index contributed by atoms with van der Waals surface area (Å²) < 4.78 is 0. The fourth-order valence-corrected chi connectivity index (χ4v) is 2.78. The van der Waals surface area contributed by atoms with E-state index < -0.39 is 0 Å². The monoisotopic (exact) mass is 228 g/mol. The smallest absolute Gasteiger partial charge is 0.156 e. The van der Waals surface area contributed by atoms with Crippen molar-refractivity contribution in [3.8, 4) is 0 Å². The molecule has 1 saturated heterocycles. The lowest BCUT2D eigenvalue weighted by Crippen LogP contribution is -2.28. The first-order valence-electron chi connectivity index (χ1n) is 6.16. The van der Waals surface area contributed by atoms with Gasteiger partial charge < -0.3 is 5.32 Å². The maximum atomic E-state index is 4.59. The fraction of sp³-hybridized carbons (Fsp3) is 0.917. The molecule has 1 aliphatic rings. The third-order valence-corrected chi connectivity index (χ3v) is 3.61. The topological polar surface area (TPSA) is 24.4 Å². The molecule has 0 aromatic rings. The molecule has 0 amide bonds. The number of unbranched alkanes of at least 4 members (excludes halogenated alkanes) is 2. The number of aliphatic imine (C=N–C) groups is 1. The first-order chi connectivity index (χ1) is 7.22. The molecule has 88 valence electrons. The Morgan fingerprint density at radius 2 is 2.27 bits per heavy atom. The molecular weight excluding hydrogens is 204 g/mol. The van der Waals surface area contributed by atoms with E-state index in [2.05, 4.69) is 31.1 Å². The van der Waals surface area contributed by atoms with Crippen molar-refractivity contribution in [1.29, 1.82) is 0 Å². The normalized spacial score (nSPS) is 23.7. The number of nitrogens with one attached hydrogen (secondary N) is 1. The Morgan fingerprint density at radius 1 is 1.47 bits per heavy atom. The molecule has 1 atom stereocenters. The average molecular weight is 228 g/mol. The summed E-state index contributed by atoms with van der Waals surface area (Å²) >= 11 is 1.89. The minimum absolute atomic E-state index is 0.653. The number of hydrogen-bond donors (Lipinski definition) is 1. The Morgan fingerprint density at radius 3 is 2.93 bits per heavy atom. The standard InChI is InChI=1S/C12H24N2S/c1-4-5-6-7-13-12-14-11(9-15-12)8-10(2)3/h10-11H,4-9H2,1-3H3,(H,13,14). The Kier molecular flexibility index (Phi) is 6.15. The van der Waals surface area contributed by atoms with Crippen LogP contribution in [0.4, 0.5) is 0 Å². The van der Waals surface area contributed by atoms with E-state index in [9.17, 15) is 0 Å². The van der Waals surface area contributed by atoms with Crippen LogP contribution in [-0.4, -0.2) is 23.5 Å². The van der Waals surface area contributed by atoms with Crippen molar-refractivity contribution < 1.29 is 0 Å². The van der Waals surface area contributed by atoms with Gasteiger partial charge in [0.15, 0.2) is 5.17 Å². The van der Waals surface area contributed by atoms with Gasteiger partial charge in [-0.3, -0.25) is 4.99 Å². The molecule has 1 aliphatic heterocycles. The van der Waals surface area contributed by atoms with Gasteiger partial charge in [0.05, 0.1) is 0 Å². The van der Waals surface area contributed by atoms with E-state index in [4.69, 9.17) is 0 Å². The maximum absolute atomic E-state index is 4.59. The summed E-state index contributed by atoms with van der Waals surface area (Å²) in [6.45, 7) is 7.79. The molecule has 0 bridgehead atoms. The van der Waals surface area contributed by atoms with Crippen LogP contribution in [-0.2, 0) is 0 Å². The van der Waals surface area contributed by atoms with Gasteiger partial charge in [-0.1, -0.05) is 45.4 Å². The van der Waals surface area contributed by atoms with Crippen LogP contribution < -0.4 is 5.32 Å². The van der Waals surface area contributed by atoms with Gasteiger partial charge in [0.2, 0.25) is 0 Å². The van der Waals surface area contributed by atoms with E-state index in [-0.39, 0.29) is 0 Å². The van der Waals surface area contributed by atoms with Crippen molar-refractivity contribution >= 4 is 16.9 Å². The van der Waals surface area contributed by atoms with Gasteiger partial charge in [-0.25, -0.2) is 0 Å². The Labute approximate surface area is 98.3 Å². The van der Waals surface area contributed by atoms with Crippen LogP contribution >= 0.6 is 11.8 Å². The largest absolute Gasteiger partial charge is 0.361 e. The third-order valence-electron chi connectivity index (χ3n) is 2.52. The van der Waals surface area contributed by atoms with Crippen LogP contribution in [0.25, 0.3) is 0 Å². The molecule has 15 heavy (non-hydrogen) atoms. The van der Waals surface area contributed by atoms with Crippen molar-refractivity contribution in [3.05, 3.63) is 0 Å². The highest BCUT2D eigenvalue weighted by Gasteiger charge is 2.20. The molecule has 0 spiro atoms. The zero-order valence-corrected chi connectivity index (χ0v) is 11.1. The molecule has 0 aromatic carbocycles. The van der Waals surface area contributed by atoms with Crippen LogP contribution in [0.5, 0.6) is 0 Å². The van der Waals surface area contributed by atoms with Crippen molar-refractivity contribution in [2.75, 3.05) is 12.3 Å². The molecule has 1 unspecified atom stereocenters. The molecule has 0 radical (unpaired) electrons. The number of amidine groups is 1.